The summed E-state index contributed by atoms with van der Waals surface area (Å²) in [6.45, 7) is 2.28. The lowest BCUT2D eigenvalue weighted by atomic mass is 9.14. The van der Waals surface area contributed by atoms with Crippen LogP contribution in [0.5, 0.6) is 0 Å². The number of halogens is 1. The minimum atomic E-state index is -0.913. The van der Waals surface area contributed by atoms with Crippen LogP contribution in [0, 0.1) is 0 Å². The second-order valence-corrected chi connectivity index (χ2v) is 12.8. The Morgan fingerprint density at radius 1 is 0.565 bits per heavy atom. The van der Waals surface area contributed by atoms with Gasteiger partial charge in [-0.25, -0.2) is 0 Å². The number of hydrogen-bond donors (Lipinski definition) is 0. The number of benzene rings is 6. The van der Waals surface area contributed by atoms with Crippen molar-refractivity contribution >= 4 is 56.9 Å². The van der Waals surface area contributed by atoms with Gasteiger partial charge in [0.25, 0.3) is 0 Å². The third kappa shape index (κ3) is 7.46. The highest BCUT2D eigenvalue weighted by Crippen LogP contribution is 2.40. The molecule has 0 atom stereocenters. The minimum absolute atomic E-state index is 0.0743. The second kappa shape index (κ2) is 16.4. The van der Waals surface area contributed by atoms with Crippen molar-refractivity contribution in [2.45, 2.75) is 26.1 Å². The lowest BCUT2D eigenvalue weighted by molar-refractivity contribution is 0.102. The molecule has 230 valence electrons. The Kier molecular flexibility index (Phi) is 11.9. The lowest BCUT2D eigenvalue weighted by Gasteiger charge is -2.43. The Morgan fingerprint density at radius 3 is 1.35 bits per heavy atom. The second-order valence-electron chi connectivity index (χ2n) is 11.6. The first-order valence-corrected chi connectivity index (χ1v) is 17.5. The number of carbonyl (C=O) groups excluding carboxylic acids is 1. The van der Waals surface area contributed by atoms with Gasteiger partial charge in [-0.1, -0.05) is 187 Å². The summed E-state index contributed by atoms with van der Waals surface area (Å²) in [5.74, 6) is 0.376. The molecule has 0 aliphatic carbocycles. The van der Waals surface area contributed by atoms with Gasteiger partial charge >= 0.3 is 0 Å². The van der Waals surface area contributed by atoms with Crippen molar-refractivity contribution < 1.29 is 4.79 Å². The van der Waals surface area contributed by atoms with E-state index in [9.17, 15) is 4.79 Å². The number of Topliss-reactive ketones (excluding diaryl/α,β-unsaturated/α-hetero) is 1. The molecule has 4 heteroatoms. The smallest absolute Gasteiger partial charge is 0.212 e. The van der Waals surface area contributed by atoms with E-state index in [1.807, 2.05) is 60.7 Å². The third-order valence-corrected chi connectivity index (χ3v) is 9.82. The molecule has 0 spiro atoms. The molecular formula is C42H40BBrOS. The van der Waals surface area contributed by atoms with Crippen LogP contribution in [0.4, 0.5) is 0 Å². The van der Waals surface area contributed by atoms with Gasteiger partial charge in [-0.15, -0.1) is 0 Å². The zero-order valence-corrected chi connectivity index (χ0v) is 28.9. The van der Waals surface area contributed by atoms with Crippen LogP contribution >= 0.6 is 15.9 Å². The fourth-order valence-corrected chi connectivity index (χ4v) is 7.38. The zero-order chi connectivity index (χ0) is 32.2. The minimum Gasteiger partial charge on any atom is -0.289 e. The summed E-state index contributed by atoms with van der Waals surface area (Å²) >= 11 is 7.01. The SMILES string of the molecule is CCCC[B-](c1ccccc1)(c1ccccc1)c1ccccc1.O=C(C[SH2+])c1ccc(Br)c(-c2ccccc2)c1-c1ccccc1. The summed E-state index contributed by atoms with van der Waals surface area (Å²) < 4.78 is 0.980. The first-order valence-electron chi connectivity index (χ1n) is 16.0. The standard InChI is InChI=1S/C22H24B.C20H15BrOS/c1-2-3-19-23(20-13-7-4-8-14-20,21-15-9-5-10-16-21)22-17-11-6-12-18-22;21-17-12-11-16(18(22)13-23)19(14-7-3-1-4-8-14)20(17)15-9-5-2-6-10-15/h4-18H,2-3,19H2,1H3;1-12,23H,13H2/q-1;/p+1. The van der Waals surface area contributed by atoms with E-state index >= 15 is 0 Å². The predicted octanol–water partition coefficient (Wildman–Crippen LogP) is 8.93. The highest BCUT2D eigenvalue weighted by Gasteiger charge is 2.29. The average molecular weight is 684 g/mol. The van der Waals surface area contributed by atoms with Gasteiger partial charge in [0.05, 0.1) is 6.15 Å². The molecule has 0 aliphatic rings. The molecule has 0 amide bonds. The van der Waals surface area contributed by atoms with E-state index in [2.05, 4.69) is 139 Å². The number of rotatable bonds is 10. The lowest BCUT2D eigenvalue weighted by Crippen LogP contribution is -2.66. The van der Waals surface area contributed by atoms with Crippen molar-refractivity contribution in [3.63, 3.8) is 0 Å². The molecule has 0 heterocycles. The first-order chi connectivity index (χ1) is 22.6. The van der Waals surface area contributed by atoms with Crippen molar-refractivity contribution in [1.82, 2.24) is 0 Å². The Hall–Kier alpha value is -4.12. The molecule has 0 unspecified atom stereocenters. The summed E-state index contributed by atoms with van der Waals surface area (Å²) in [6, 6.07) is 57.2. The van der Waals surface area contributed by atoms with Crippen LogP contribution in [-0.2, 0) is 12.6 Å². The van der Waals surface area contributed by atoms with E-state index in [1.54, 1.807) is 0 Å². The molecule has 0 saturated carbocycles. The Bertz CT molecular complexity index is 1720. The van der Waals surface area contributed by atoms with Crippen molar-refractivity contribution in [2.24, 2.45) is 0 Å². The molecule has 6 aromatic carbocycles. The number of hydrogen-bond acceptors (Lipinski definition) is 1. The van der Waals surface area contributed by atoms with Crippen LogP contribution in [-0.4, -0.2) is 17.7 Å². The van der Waals surface area contributed by atoms with Crippen LogP contribution in [0.25, 0.3) is 22.3 Å². The fraction of sp³-hybridized carbons (Fsp3) is 0.119. The summed E-state index contributed by atoms with van der Waals surface area (Å²) in [7, 11) is 0. The first kappa shape index (κ1) is 33.3. The van der Waals surface area contributed by atoms with Gasteiger partial charge in [-0.3, -0.25) is 4.79 Å². The van der Waals surface area contributed by atoms with Gasteiger partial charge in [-0.2, -0.15) is 22.7 Å². The zero-order valence-electron chi connectivity index (χ0n) is 26.3. The van der Waals surface area contributed by atoms with Crippen molar-refractivity contribution in [2.75, 3.05) is 5.75 Å². The van der Waals surface area contributed by atoms with Crippen molar-refractivity contribution in [1.29, 1.82) is 0 Å². The molecule has 0 bridgehead atoms. The van der Waals surface area contributed by atoms with Crippen molar-refractivity contribution in [3.8, 4) is 22.3 Å². The van der Waals surface area contributed by atoms with E-state index in [0.29, 0.717) is 5.75 Å². The maximum Gasteiger partial charge on any atom is 0.212 e. The maximum atomic E-state index is 12.4. The largest absolute Gasteiger partial charge is 0.289 e. The van der Waals surface area contributed by atoms with Crippen LogP contribution in [0.1, 0.15) is 30.1 Å². The van der Waals surface area contributed by atoms with E-state index in [0.717, 1.165) is 32.3 Å². The molecule has 1 nitrogen and oxygen atoms in total. The van der Waals surface area contributed by atoms with Gasteiger partial charge in [-0.05, 0) is 35.9 Å². The fourth-order valence-electron chi connectivity index (χ4n) is 6.63. The van der Waals surface area contributed by atoms with Crippen molar-refractivity contribution in [3.05, 3.63) is 174 Å². The van der Waals surface area contributed by atoms with Crippen LogP contribution < -0.4 is 16.4 Å². The molecule has 0 aliphatic heterocycles. The Labute approximate surface area is 288 Å². The molecule has 0 fully saturated rings. The van der Waals surface area contributed by atoms with Gasteiger partial charge < -0.3 is 0 Å². The monoisotopic (exact) mass is 682 g/mol. The molecule has 6 aromatic rings. The summed E-state index contributed by atoms with van der Waals surface area (Å²) in [4.78, 5) is 12.4. The Balaban J connectivity index is 0.000000181. The number of unbranched alkanes of at least 4 members (excludes halogenated alkanes) is 1. The Morgan fingerprint density at radius 2 is 0.957 bits per heavy atom. The van der Waals surface area contributed by atoms with Gasteiger partial charge in [0, 0.05) is 21.2 Å². The highest BCUT2D eigenvalue weighted by atomic mass is 79.9. The van der Waals surface area contributed by atoms with Crippen LogP contribution in [0.15, 0.2) is 168 Å². The summed E-state index contributed by atoms with van der Waals surface area (Å²) in [5, 5.41) is 0. The van der Waals surface area contributed by atoms with E-state index < -0.39 is 6.15 Å². The van der Waals surface area contributed by atoms with E-state index in [1.165, 1.54) is 35.6 Å². The van der Waals surface area contributed by atoms with E-state index in [-0.39, 0.29) is 5.78 Å². The predicted molar refractivity (Wildman–Crippen MR) is 208 cm³/mol. The van der Waals surface area contributed by atoms with Gasteiger partial charge in [0.1, 0.15) is 0 Å². The molecule has 0 N–H and O–H groups in total. The van der Waals surface area contributed by atoms with Gasteiger partial charge in [0.2, 0.25) is 5.78 Å². The molecule has 46 heavy (non-hydrogen) atoms. The quantitative estimate of drug-likeness (QED) is 0.0801. The van der Waals surface area contributed by atoms with Gasteiger partial charge in [0.15, 0.2) is 5.75 Å². The molecule has 0 aromatic heterocycles. The molecule has 6 rings (SSSR count). The molecule has 0 saturated heterocycles. The number of ketones is 1. The normalized spacial score (nSPS) is 10.9. The molecular weight excluding hydrogens is 643 g/mol. The topological polar surface area (TPSA) is 17.1 Å². The summed E-state index contributed by atoms with van der Waals surface area (Å²) in [5.41, 5.74) is 9.19. The average Bonchev–Trinajstić information content (AvgIpc) is 3.14. The van der Waals surface area contributed by atoms with E-state index in [4.69, 9.17) is 0 Å². The van der Waals surface area contributed by atoms with Crippen LogP contribution in [0.3, 0.4) is 0 Å². The number of carbonyl (C=O) groups is 1. The third-order valence-electron chi connectivity index (χ3n) is 8.84. The van der Waals surface area contributed by atoms with Crippen LogP contribution in [0.2, 0.25) is 6.32 Å². The maximum absolute atomic E-state index is 12.4. The highest BCUT2D eigenvalue weighted by molar-refractivity contribution is 9.10. The summed E-state index contributed by atoms with van der Waals surface area (Å²) in [6.07, 6.45) is 2.73. The molecule has 0 radical (unpaired) electrons.